The molecule has 1 unspecified atom stereocenters. The van der Waals surface area contributed by atoms with Gasteiger partial charge in [0.2, 0.25) is 5.91 Å². The lowest BCUT2D eigenvalue weighted by Gasteiger charge is -2.27. The van der Waals surface area contributed by atoms with Gasteiger partial charge in [0.25, 0.3) is 0 Å². The Bertz CT molecular complexity index is 367. The number of anilines is 1. The Morgan fingerprint density at radius 3 is 2.58 bits per heavy atom. The highest BCUT2D eigenvalue weighted by molar-refractivity contribution is 5.94. The number of hydrogen-bond donors (Lipinski definition) is 2. The molecule has 0 aliphatic rings. The summed E-state index contributed by atoms with van der Waals surface area (Å²) < 4.78 is 0. The molecule has 0 saturated heterocycles. The minimum atomic E-state index is -0.133. The third kappa shape index (κ3) is 5.41. The Morgan fingerprint density at radius 1 is 1.32 bits per heavy atom. The zero-order valence-electron chi connectivity index (χ0n) is 11.9. The molecule has 1 aromatic rings. The number of benzene rings is 1. The standard InChI is InChI=1S/C15H25N3O/c1-3-11-18(12-7-10-16)13(2)15(19)17-14-8-5-4-6-9-14/h4-6,8-9,13H,3,7,10-12,16H2,1-2H3,(H,17,19). The second-order valence-electron chi connectivity index (χ2n) is 4.71. The number of nitrogens with one attached hydrogen (secondary N) is 1. The van der Waals surface area contributed by atoms with Crippen molar-refractivity contribution in [1.29, 1.82) is 0 Å². The number of carbonyl (C=O) groups is 1. The van der Waals surface area contributed by atoms with Crippen molar-refractivity contribution < 1.29 is 4.79 Å². The van der Waals surface area contributed by atoms with Crippen LogP contribution in [-0.2, 0) is 4.79 Å². The number of nitrogens with zero attached hydrogens (tertiary/aromatic N) is 1. The van der Waals surface area contributed by atoms with Gasteiger partial charge in [0.15, 0.2) is 0 Å². The summed E-state index contributed by atoms with van der Waals surface area (Å²) in [4.78, 5) is 14.4. The highest BCUT2D eigenvalue weighted by Gasteiger charge is 2.20. The largest absolute Gasteiger partial charge is 0.330 e. The van der Waals surface area contributed by atoms with Crippen LogP contribution in [0.5, 0.6) is 0 Å². The van der Waals surface area contributed by atoms with Gasteiger partial charge in [0, 0.05) is 12.2 Å². The van der Waals surface area contributed by atoms with Crippen molar-refractivity contribution in [3.05, 3.63) is 30.3 Å². The first kappa shape index (κ1) is 15.7. The van der Waals surface area contributed by atoms with Gasteiger partial charge in [-0.05, 0) is 45.0 Å². The number of rotatable bonds is 8. The van der Waals surface area contributed by atoms with Crippen molar-refractivity contribution in [2.75, 3.05) is 25.0 Å². The van der Waals surface area contributed by atoms with Gasteiger partial charge >= 0.3 is 0 Å². The SMILES string of the molecule is CCCN(CCCN)C(C)C(=O)Nc1ccccc1. The van der Waals surface area contributed by atoms with E-state index in [1.165, 1.54) is 0 Å². The fourth-order valence-electron chi connectivity index (χ4n) is 2.01. The maximum Gasteiger partial charge on any atom is 0.241 e. The van der Waals surface area contributed by atoms with Crippen molar-refractivity contribution >= 4 is 11.6 Å². The van der Waals surface area contributed by atoms with Crippen LogP contribution in [0.3, 0.4) is 0 Å². The van der Waals surface area contributed by atoms with Crippen LogP contribution in [0.2, 0.25) is 0 Å². The normalized spacial score (nSPS) is 12.4. The molecule has 0 fully saturated rings. The van der Waals surface area contributed by atoms with Crippen LogP contribution in [0.25, 0.3) is 0 Å². The van der Waals surface area contributed by atoms with E-state index in [4.69, 9.17) is 5.73 Å². The molecule has 0 aliphatic heterocycles. The summed E-state index contributed by atoms with van der Waals surface area (Å²) >= 11 is 0. The number of carbonyl (C=O) groups excluding carboxylic acids is 1. The van der Waals surface area contributed by atoms with Crippen molar-refractivity contribution in [3.8, 4) is 0 Å². The third-order valence-electron chi connectivity index (χ3n) is 3.13. The first-order valence-electron chi connectivity index (χ1n) is 6.99. The van der Waals surface area contributed by atoms with E-state index < -0.39 is 0 Å². The Morgan fingerprint density at radius 2 is 2.00 bits per heavy atom. The first-order valence-corrected chi connectivity index (χ1v) is 6.99. The van der Waals surface area contributed by atoms with Crippen LogP contribution in [0, 0.1) is 0 Å². The Balaban J connectivity index is 2.57. The molecule has 0 saturated carbocycles. The molecule has 4 heteroatoms. The second kappa shape index (κ2) is 8.67. The van der Waals surface area contributed by atoms with E-state index in [9.17, 15) is 4.79 Å². The van der Waals surface area contributed by atoms with Crippen LogP contribution >= 0.6 is 0 Å². The summed E-state index contributed by atoms with van der Waals surface area (Å²) in [6.45, 7) is 6.52. The topological polar surface area (TPSA) is 58.4 Å². The van der Waals surface area contributed by atoms with Gasteiger partial charge in [-0.25, -0.2) is 0 Å². The Kier molecular flexibility index (Phi) is 7.15. The van der Waals surface area contributed by atoms with E-state index in [1.807, 2.05) is 37.3 Å². The van der Waals surface area contributed by atoms with Gasteiger partial charge in [-0.1, -0.05) is 25.1 Å². The number of para-hydroxylation sites is 1. The summed E-state index contributed by atoms with van der Waals surface area (Å²) in [5.41, 5.74) is 6.39. The average Bonchev–Trinajstić information content (AvgIpc) is 2.43. The molecule has 1 aromatic carbocycles. The van der Waals surface area contributed by atoms with Crippen molar-refractivity contribution in [3.63, 3.8) is 0 Å². The molecule has 0 aliphatic carbocycles. The van der Waals surface area contributed by atoms with Gasteiger partial charge in [-0.15, -0.1) is 0 Å². The van der Waals surface area contributed by atoms with Crippen LogP contribution < -0.4 is 11.1 Å². The Hall–Kier alpha value is -1.39. The third-order valence-corrected chi connectivity index (χ3v) is 3.13. The lowest BCUT2D eigenvalue weighted by molar-refractivity contribution is -0.120. The molecular weight excluding hydrogens is 238 g/mol. The lowest BCUT2D eigenvalue weighted by atomic mass is 10.2. The van der Waals surface area contributed by atoms with Crippen LogP contribution in [-0.4, -0.2) is 36.5 Å². The number of amides is 1. The van der Waals surface area contributed by atoms with Gasteiger partial charge in [-0.3, -0.25) is 9.69 Å². The molecule has 3 N–H and O–H groups in total. The van der Waals surface area contributed by atoms with Crippen LogP contribution in [0.4, 0.5) is 5.69 Å². The molecule has 106 valence electrons. The maximum absolute atomic E-state index is 12.2. The second-order valence-corrected chi connectivity index (χ2v) is 4.71. The molecule has 4 nitrogen and oxygen atoms in total. The van der Waals surface area contributed by atoms with Crippen molar-refractivity contribution in [2.24, 2.45) is 5.73 Å². The predicted octanol–water partition coefficient (Wildman–Crippen LogP) is 2.07. The predicted molar refractivity (Wildman–Crippen MR) is 80.1 cm³/mol. The highest BCUT2D eigenvalue weighted by Crippen LogP contribution is 2.09. The molecule has 0 heterocycles. The molecule has 0 spiro atoms. The molecule has 0 bridgehead atoms. The molecular formula is C15H25N3O. The molecule has 0 radical (unpaired) electrons. The van der Waals surface area contributed by atoms with E-state index in [0.717, 1.165) is 31.6 Å². The van der Waals surface area contributed by atoms with Crippen LogP contribution in [0.1, 0.15) is 26.7 Å². The molecule has 1 atom stereocenters. The van der Waals surface area contributed by atoms with E-state index in [0.29, 0.717) is 6.54 Å². The lowest BCUT2D eigenvalue weighted by Crippen LogP contribution is -2.43. The van der Waals surface area contributed by atoms with E-state index >= 15 is 0 Å². The van der Waals surface area contributed by atoms with Crippen LogP contribution in [0.15, 0.2) is 30.3 Å². The summed E-state index contributed by atoms with van der Waals surface area (Å²) in [5.74, 6) is 0.0386. The van der Waals surface area contributed by atoms with E-state index in [-0.39, 0.29) is 11.9 Å². The summed E-state index contributed by atoms with van der Waals surface area (Å²) in [6.07, 6.45) is 1.95. The molecule has 1 amide bonds. The van der Waals surface area contributed by atoms with E-state index in [1.54, 1.807) is 0 Å². The number of hydrogen-bond acceptors (Lipinski definition) is 3. The zero-order chi connectivity index (χ0) is 14.1. The maximum atomic E-state index is 12.2. The monoisotopic (exact) mass is 263 g/mol. The molecule has 19 heavy (non-hydrogen) atoms. The minimum absolute atomic E-state index is 0.0386. The van der Waals surface area contributed by atoms with Gasteiger partial charge in [0.05, 0.1) is 6.04 Å². The molecule has 0 aromatic heterocycles. The Labute approximate surface area is 116 Å². The summed E-state index contributed by atoms with van der Waals surface area (Å²) in [6, 6.07) is 9.43. The highest BCUT2D eigenvalue weighted by atomic mass is 16.2. The fraction of sp³-hybridized carbons (Fsp3) is 0.533. The van der Waals surface area contributed by atoms with Gasteiger partial charge < -0.3 is 11.1 Å². The van der Waals surface area contributed by atoms with Gasteiger partial charge in [0.1, 0.15) is 0 Å². The summed E-state index contributed by atoms with van der Waals surface area (Å²) in [7, 11) is 0. The zero-order valence-corrected chi connectivity index (χ0v) is 11.9. The smallest absolute Gasteiger partial charge is 0.241 e. The fourth-order valence-corrected chi connectivity index (χ4v) is 2.01. The van der Waals surface area contributed by atoms with Gasteiger partial charge in [-0.2, -0.15) is 0 Å². The van der Waals surface area contributed by atoms with E-state index in [2.05, 4.69) is 17.1 Å². The summed E-state index contributed by atoms with van der Waals surface area (Å²) in [5, 5.41) is 2.95. The number of nitrogens with two attached hydrogens (primary N) is 1. The van der Waals surface area contributed by atoms with Crippen molar-refractivity contribution in [2.45, 2.75) is 32.7 Å². The molecule has 1 rings (SSSR count). The minimum Gasteiger partial charge on any atom is -0.330 e. The first-order chi connectivity index (χ1) is 9.19. The quantitative estimate of drug-likeness (QED) is 0.755. The average molecular weight is 263 g/mol. The van der Waals surface area contributed by atoms with Crippen molar-refractivity contribution in [1.82, 2.24) is 4.90 Å².